The molecule has 1 aliphatic rings. The summed E-state index contributed by atoms with van der Waals surface area (Å²) in [4.78, 5) is 51.7. The number of methoxy groups -OCH3 is 1. The Balaban J connectivity index is 1.54. The maximum atomic E-state index is 13.7. The van der Waals surface area contributed by atoms with Crippen LogP contribution in [0.2, 0.25) is 0 Å². The maximum Gasteiger partial charge on any atom is 0.325 e. The number of nitrogens with zero attached hydrogens (tertiary/aromatic N) is 1. The zero-order valence-electron chi connectivity index (χ0n) is 23.4. The largest absolute Gasteiger partial charge is 0.468 e. The molecule has 3 aromatic rings. The van der Waals surface area contributed by atoms with Crippen LogP contribution in [-0.4, -0.2) is 49.1 Å². The van der Waals surface area contributed by atoms with Gasteiger partial charge in [0.05, 0.1) is 24.9 Å². The zero-order chi connectivity index (χ0) is 29.6. The monoisotopic (exact) mass is 557 g/mol. The predicted molar refractivity (Wildman–Crippen MR) is 157 cm³/mol. The van der Waals surface area contributed by atoms with E-state index in [1.165, 1.54) is 7.11 Å². The molecule has 214 valence electrons. The molecule has 41 heavy (non-hydrogen) atoms. The molecular weight excluding hydrogens is 522 g/mol. The summed E-state index contributed by atoms with van der Waals surface area (Å²) >= 11 is 0. The van der Waals surface area contributed by atoms with Gasteiger partial charge < -0.3 is 31.3 Å². The predicted octanol–water partition coefficient (Wildman–Crippen LogP) is 3.35. The van der Waals surface area contributed by atoms with Crippen molar-refractivity contribution in [2.75, 3.05) is 23.9 Å². The van der Waals surface area contributed by atoms with Gasteiger partial charge in [-0.05, 0) is 55.5 Å². The summed E-state index contributed by atoms with van der Waals surface area (Å²) in [5.74, 6) is -1.12. The van der Waals surface area contributed by atoms with Crippen LogP contribution in [0, 0.1) is 0 Å². The Kier molecular flexibility index (Phi) is 9.04. The van der Waals surface area contributed by atoms with Gasteiger partial charge in [0.1, 0.15) is 12.6 Å². The number of nitrogens with two attached hydrogens (primary N) is 1. The van der Waals surface area contributed by atoms with E-state index in [0.29, 0.717) is 25.1 Å². The van der Waals surface area contributed by atoms with E-state index in [-0.39, 0.29) is 18.4 Å². The highest BCUT2D eigenvalue weighted by Gasteiger charge is 2.34. The Labute approximate surface area is 239 Å². The van der Waals surface area contributed by atoms with Crippen LogP contribution in [0.15, 0.2) is 72.8 Å². The summed E-state index contributed by atoms with van der Waals surface area (Å²) in [5, 5.41) is 8.08. The molecule has 4 rings (SSSR count). The molecule has 0 saturated carbocycles. The molecule has 10 nitrogen and oxygen atoms in total. The molecule has 3 aromatic carbocycles. The molecule has 0 radical (unpaired) electrons. The number of benzene rings is 3. The quantitative estimate of drug-likeness (QED) is 0.313. The van der Waals surface area contributed by atoms with Crippen molar-refractivity contribution < 1.29 is 23.9 Å². The Morgan fingerprint density at radius 2 is 1.68 bits per heavy atom. The number of anilines is 2. The Morgan fingerprint density at radius 1 is 1.00 bits per heavy atom. The fourth-order valence-corrected chi connectivity index (χ4v) is 4.56. The van der Waals surface area contributed by atoms with E-state index >= 15 is 0 Å². The van der Waals surface area contributed by atoms with Crippen molar-refractivity contribution in [1.29, 1.82) is 0 Å². The topological polar surface area (TPSA) is 143 Å². The highest BCUT2D eigenvalue weighted by atomic mass is 16.5. The van der Waals surface area contributed by atoms with Crippen molar-refractivity contribution in [2.45, 2.75) is 44.8 Å². The second-order valence-electron chi connectivity index (χ2n) is 10.5. The molecule has 0 saturated heterocycles. The smallest absolute Gasteiger partial charge is 0.325 e. The van der Waals surface area contributed by atoms with Crippen LogP contribution in [-0.2, 0) is 32.1 Å². The summed E-state index contributed by atoms with van der Waals surface area (Å²) in [5.41, 5.74) is 9.83. The van der Waals surface area contributed by atoms with Crippen molar-refractivity contribution in [3.63, 3.8) is 0 Å². The number of carbonyl (C=O) groups excluding carboxylic acids is 4. The first kappa shape index (κ1) is 29.3. The molecule has 0 fully saturated rings. The lowest BCUT2D eigenvalue weighted by Crippen LogP contribution is -2.56. The fourth-order valence-electron chi connectivity index (χ4n) is 4.56. The van der Waals surface area contributed by atoms with Crippen molar-refractivity contribution in [1.82, 2.24) is 10.6 Å². The van der Waals surface area contributed by atoms with E-state index in [1.807, 2.05) is 60.7 Å². The second-order valence-corrected chi connectivity index (χ2v) is 10.5. The van der Waals surface area contributed by atoms with E-state index in [9.17, 15) is 19.2 Å². The lowest BCUT2D eigenvalue weighted by atomic mass is 10.0. The number of hydrogen-bond acceptors (Lipinski definition) is 6. The van der Waals surface area contributed by atoms with Crippen LogP contribution in [0.1, 0.15) is 31.4 Å². The van der Waals surface area contributed by atoms with Gasteiger partial charge in [0.15, 0.2) is 0 Å². The van der Waals surface area contributed by atoms with Crippen LogP contribution in [0.3, 0.4) is 0 Å². The van der Waals surface area contributed by atoms with Crippen LogP contribution in [0.5, 0.6) is 0 Å². The standard InChI is InChI=1S/C31H35N5O5/c1-31(2,32)29(39)34-25-17-16-22-8-4-7-11-26(22)36(28(25)38)19-20-12-14-21(15-13-20)23-9-5-6-10-24(23)35-30(40)33-18-27(37)41-3/h4-15,25H,16-19,32H2,1-3H3,(H,34,39)(H2,33,35,40)/t25-/m1/s1. The minimum atomic E-state index is -1.10. The lowest BCUT2D eigenvalue weighted by Gasteiger charge is -2.28. The van der Waals surface area contributed by atoms with Crippen molar-refractivity contribution in [3.05, 3.63) is 83.9 Å². The Hall–Kier alpha value is -4.70. The minimum absolute atomic E-state index is 0.191. The van der Waals surface area contributed by atoms with Crippen molar-refractivity contribution in [3.8, 4) is 11.1 Å². The van der Waals surface area contributed by atoms with Gasteiger partial charge in [-0.15, -0.1) is 0 Å². The molecule has 5 N–H and O–H groups in total. The van der Waals surface area contributed by atoms with Gasteiger partial charge in [0, 0.05) is 11.3 Å². The summed E-state index contributed by atoms with van der Waals surface area (Å²) in [6.45, 7) is 3.29. The van der Waals surface area contributed by atoms with Crippen molar-refractivity contribution >= 4 is 35.2 Å². The number of carbonyl (C=O) groups is 4. The van der Waals surface area contributed by atoms with Gasteiger partial charge in [-0.1, -0.05) is 60.7 Å². The maximum absolute atomic E-state index is 13.7. The van der Waals surface area contributed by atoms with E-state index < -0.39 is 23.6 Å². The van der Waals surface area contributed by atoms with Crippen LogP contribution < -0.4 is 26.6 Å². The number of hydrogen-bond donors (Lipinski definition) is 4. The molecule has 4 amide bonds. The van der Waals surface area contributed by atoms with Crippen LogP contribution in [0.25, 0.3) is 11.1 Å². The molecule has 0 bridgehead atoms. The number of fused-ring (bicyclic) bond motifs is 1. The average Bonchev–Trinajstić information content (AvgIpc) is 3.08. The summed E-state index contributed by atoms with van der Waals surface area (Å²) in [6, 6.07) is 21.6. The molecule has 1 atom stereocenters. The number of ether oxygens (including phenoxy) is 1. The highest BCUT2D eigenvalue weighted by Crippen LogP contribution is 2.31. The molecule has 1 aliphatic heterocycles. The Morgan fingerprint density at radius 3 is 2.39 bits per heavy atom. The molecule has 0 spiro atoms. The van der Waals surface area contributed by atoms with Crippen LogP contribution in [0.4, 0.5) is 16.2 Å². The second kappa shape index (κ2) is 12.6. The van der Waals surface area contributed by atoms with E-state index in [2.05, 4.69) is 20.7 Å². The number of para-hydroxylation sites is 2. The number of aryl methyl sites for hydroxylation is 1. The molecule has 0 aromatic heterocycles. The third kappa shape index (κ3) is 7.29. The van der Waals surface area contributed by atoms with Gasteiger partial charge in [-0.3, -0.25) is 14.4 Å². The average molecular weight is 558 g/mol. The molecule has 0 unspecified atom stereocenters. The lowest BCUT2D eigenvalue weighted by molar-refractivity contribution is -0.139. The minimum Gasteiger partial charge on any atom is -0.468 e. The van der Waals surface area contributed by atoms with Gasteiger partial charge in [0.25, 0.3) is 0 Å². The fraction of sp³-hybridized carbons (Fsp3) is 0.290. The van der Waals surface area contributed by atoms with E-state index in [4.69, 9.17) is 5.73 Å². The number of rotatable bonds is 8. The normalized spacial score (nSPS) is 14.9. The first-order valence-corrected chi connectivity index (χ1v) is 13.4. The van der Waals surface area contributed by atoms with Gasteiger partial charge in [0.2, 0.25) is 11.8 Å². The number of amides is 4. The molecule has 10 heteroatoms. The van der Waals surface area contributed by atoms with Gasteiger partial charge >= 0.3 is 12.0 Å². The van der Waals surface area contributed by atoms with E-state index in [1.54, 1.807) is 30.9 Å². The first-order valence-electron chi connectivity index (χ1n) is 13.4. The van der Waals surface area contributed by atoms with Gasteiger partial charge in [-0.2, -0.15) is 0 Å². The van der Waals surface area contributed by atoms with Crippen molar-refractivity contribution in [2.24, 2.45) is 5.73 Å². The third-order valence-corrected chi connectivity index (χ3v) is 6.84. The SMILES string of the molecule is COC(=O)CNC(=O)Nc1ccccc1-c1ccc(CN2C(=O)[C@H](NC(=O)C(C)(C)N)CCc3ccccc32)cc1. The van der Waals surface area contributed by atoms with Crippen LogP contribution >= 0.6 is 0 Å². The summed E-state index contributed by atoms with van der Waals surface area (Å²) in [6.07, 6.45) is 1.12. The summed E-state index contributed by atoms with van der Waals surface area (Å²) in [7, 11) is 1.25. The summed E-state index contributed by atoms with van der Waals surface area (Å²) < 4.78 is 4.55. The number of esters is 1. The number of nitrogens with one attached hydrogen (secondary N) is 3. The third-order valence-electron chi connectivity index (χ3n) is 6.84. The molecule has 1 heterocycles. The number of urea groups is 1. The Bertz CT molecular complexity index is 1430. The zero-order valence-corrected chi connectivity index (χ0v) is 23.4. The van der Waals surface area contributed by atoms with E-state index in [0.717, 1.165) is 27.9 Å². The molecular formula is C31H35N5O5. The molecule has 0 aliphatic carbocycles. The van der Waals surface area contributed by atoms with Gasteiger partial charge in [-0.25, -0.2) is 4.79 Å². The first-order chi connectivity index (χ1) is 19.6. The highest BCUT2D eigenvalue weighted by molar-refractivity contribution is 6.01.